The molecule has 0 aliphatic carbocycles. The molecule has 0 bridgehead atoms. The summed E-state index contributed by atoms with van der Waals surface area (Å²) >= 11 is 0. The van der Waals surface area contributed by atoms with Gasteiger partial charge in [0.1, 0.15) is 0 Å². The van der Waals surface area contributed by atoms with Crippen molar-refractivity contribution in [2.45, 2.75) is 39.8 Å². The van der Waals surface area contributed by atoms with Crippen LogP contribution < -0.4 is 19.5 Å². The fourth-order valence-electron chi connectivity index (χ4n) is 3.34. The molecule has 2 aromatic rings. The lowest BCUT2D eigenvalue weighted by atomic mass is 9.98. The van der Waals surface area contributed by atoms with Gasteiger partial charge in [0.05, 0.1) is 20.8 Å². The SMILES string of the molecule is COc1ccc(-c2ccc3c(c2)CNC3=O)c(OC(C)(C)C(=O)OCC(C)C)c1OC. The van der Waals surface area contributed by atoms with Crippen molar-refractivity contribution in [1.82, 2.24) is 5.32 Å². The van der Waals surface area contributed by atoms with E-state index in [2.05, 4.69) is 5.32 Å². The molecule has 0 radical (unpaired) electrons. The molecule has 0 fully saturated rings. The third-order valence-electron chi connectivity index (χ3n) is 5.00. The Morgan fingerprint density at radius 2 is 1.77 bits per heavy atom. The lowest BCUT2D eigenvalue weighted by Crippen LogP contribution is -2.40. The third-order valence-corrected chi connectivity index (χ3v) is 5.00. The Morgan fingerprint density at radius 1 is 1.06 bits per heavy atom. The van der Waals surface area contributed by atoms with Gasteiger partial charge in [-0.1, -0.05) is 19.9 Å². The number of ether oxygens (including phenoxy) is 4. The van der Waals surface area contributed by atoms with Crippen molar-refractivity contribution in [3.63, 3.8) is 0 Å². The quantitative estimate of drug-likeness (QED) is 0.642. The Kier molecular flexibility index (Phi) is 6.43. The maximum absolute atomic E-state index is 12.7. The summed E-state index contributed by atoms with van der Waals surface area (Å²) in [6, 6.07) is 9.20. The summed E-state index contributed by atoms with van der Waals surface area (Å²) < 4.78 is 22.7. The smallest absolute Gasteiger partial charge is 0.349 e. The number of rotatable bonds is 8. The Labute approximate surface area is 182 Å². The van der Waals surface area contributed by atoms with Crippen molar-refractivity contribution in [1.29, 1.82) is 0 Å². The molecule has 1 N–H and O–H groups in total. The molecular formula is C24H29NO6. The first-order chi connectivity index (χ1) is 14.7. The van der Waals surface area contributed by atoms with E-state index in [0.717, 1.165) is 11.1 Å². The van der Waals surface area contributed by atoms with Gasteiger partial charge in [-0.05, 0) is 55.2 Å². The summed E-state index contributed by atoms with van der Waals surface area (Å²) in [4.78, 5) is 24.6. The fraction of sp³-hybridized carbons (Fsp3) is 0.417. The standard InChI is InChI=1S/C24H29NO6/c1-14(2)13-30-23(27)24(3,4)31-20-17(9-10-19(28-5)21(20)29-6)15-7-8-18-16(11-15)12-25-22(18)26/h7-11,14H,12-13H2,1-6H3,(H,25,26). The van der Waals surface area contributed by atoms with Gasteiger partial charge in [0, 0.05) is 17.7 Å². The van der Waals surface area contributed by atoms with Crippen LogP contribution in [0.4, 0.5) is 0 Å². The number of amides is 1. The van der Waals surface area contributed by atoms with Crippen molar-refractivity contribution in [2.24, 2.45) is 5.92 Å². The van der Waals surface area contributed by atoms with Gasteiger partial charge in [-0.25, -0.2) is 4.79 Å². The summed E-state index contributed by atoms with van der Waals surface area (Å²) in [6.45, 7) is 8.03. The van der Waals surface area contributed by atoms with Crippen LogP contribution in [0.25, 0.3) is 11.1 Å². The zero-order valence-corrected chi connectivity index (χ0v) is 18.8. The number of hydrogen-bond acceptors (Lipinski definition) is 6. The van der Waals surface area contributed by atoms with Crippen molar-refractivity contribution in [3.8, 4) is 28.4 Å². The highest BCUT2D eigenvalue weighted by atomic mass is 16.6. The molecule has 31 heavy (non-hydrogen) atoms. The minimum absolute atomic E-state index is 0.0839. The number of carbonyl (C=O) groups is 2. The first-order valence-electron chi connectivity index (χ1n) is 10.2. The Balaban J connectivity index is 2.05. The fourth-order valence-corrected chi connectivity index (χ4v) is 3.34. The van der Waals surface area contributed by atoms with Gasteiger partial charge in [-0.2, -0.15) is 0 Å². The second kappa shape index (κ2) is 8.88. The normalized spacial score (nSPS) is 12.9. The highest BCUT2D eigenvalue weighted by Gasteiger charge is 2.35. The van der Waals surface area contributed by atoms with E-state index in [1.807, 2.05) is 32.0 Å². The number of fused-ring (bicyclic) bond motifs is 1. The van der Waals surface area contributed by atoms with E-state index in [1.54, 1.807) is 26.0 Å². The number of carbonyl (C=O) groups excluding carboxylic acids is 2. The molecule has 166 valence electrons. The minimum Gasteiger partial charge on any atom is -0.493 e. The molecule has 0 atom stereocenters. The molecule has 0 aromatic heterocycles. The lowest BCUT2D eigenvalue weighted by Gasteiger charge is -2.28. The summed E-state index contributed by atoms with van der Waals surface area (Å²) in [6.07, 6.45) is 0. The van der Waals surface area contributed by atoms with Gasteiger partial charge in [-0.15, -0.1) is 0 Å². The molecule has 1 aliphatic heterocycles. The third kappa shape index (κ3) is 4.60. The van der Waals surface area contributed by atoms with E-state index in [1.165, 1.54) is 14.2 Å². The van der Waals surface area contributed by atoms with Crippen molar-refractivity contribution in [2.75, 3.05) is 20.8 Å². The topological polar surface area (TPSA) is 83.1 Å². The number of benzene rings is 2. The first kappa shape index (κ1) is 22.5. The maximum Gasteiger partial charge on any atom is 0.349 e. The Morgan fingerprint density at radius 3 is 2.42 bits per heavy atom. The minimum atomic E-state index is -1.27. The van der Waals surface area contributed by atoms with Gasteiger partial charge in [0.15, 0.2) is 17.1 Å². The molecule has 1 amide bonds. The Hall–Kier alpha value is -3.22. The zero-order valence-electron chi connectivity index (χ0n) is 18.8. The van der Waals surface area contributed by atoms with Gasteiger partial charge < -0.3 is 24.3 Å². The average Bonchev–Trinajstić information content (AvgIpc) is 3.11. The van der Waals surface area contributed by atoms with Crippen LogP contribution >= 0.6 is 0 Å². The number of nitrogens with one attached hydrogen (secondary N) is 1. The predicted molar refractivity (Wildman–Crippen MR) is 117 cm³/mol. The number of hydrogen-bond donors (Lipinski definition) is 1. The van der Waals surface area contributed by atoms with Gasteiger partial charge in [0.25, 0.3) is 5.91 Å². The molecule has 1 aliphatic rings. The van der Waals surface area contributed by atoms with E-state index in [4.69, 9.17) is 18.9 Å². The molecular weight excluding hydrogens is 398 g/mol. The lowest BCUT2D eigenvalue weighted by molar-refractivity contribution is -0.160. The van der Waals surface area contributed by atoms with Crippen LogP contribution in [0.5, 0.6) is 17.2 Å². The van der Waals surface area contributed by atoms with Crippen LogP contribution in [-0.4, -0.2) is 38.3 Å². The summed E-state index contributed by atoms with van der Waals surface area (Å²) in [5.74, 6) is 0.875. The second-order valence-corrected chi connectivity index (χ2v) is 8.34. The number of methoxy groups -OCH3 is 2. The summed E-state index contributed by atoms with van der Waals surface area (Å²) in [5, 5.41) is 2.82. The van der Waals surface area contributed by atoms with Crippen LogP contribution in [0.1, 0.15) is 43.6 Å². The summed E-state index contributed by atoms with van der Waals surface area (Å²) in [5.41, 5.74) is 1.84. The van der Waals surface area contributed by atoms with E-state index in [9.17, 15) is 9.59 Å². The van der Waals surface area contributed by atoms with Crippen LogP contribution in [0.2, 0.25) is 0 Å². The summed E-state index contributed by atoms with van der Waals surface area (Å²) in [7, 11) is 3.06. The largest absolute Gasteiger partial charge is 0.493 e. The zero-order chi connectivity index (χ0) is 22.8. The van der Waals surface area contributed by atoms with Crippen molar-refractivity contribution >= 4 is 11.9 Å². The van der Waals surface area contributed by atoms with Crippen LogP contribution in [0, 0.1) is 5.92 Å². The average molecular weight is 427 g/mol. The molecule has 0 saturated heterocycles. The Bertz CT molecular complexity index is 996. The molecule has 0 unspecified atom stereocenters. The number of esters is 1. The monoisotopic (exact) mass is 427 g/mol. The van der Waals surface area contributed by atoms with Crippen molar-refractivity contribution in [3.05, 3.63) is 41.5 Å². The van der Waals surface area contributed by atoms with Crippen molar-refractivity contribution < 1.29 is 28.5 Å². The highest BCUT2D eigenvalue weighted by Crippen LogP contribution is 2.46. The molecule has 0 saturated carbocycles. The van der Waals surface area contributed by atoms with Gasteiger partial charge in [-0.3, -0.25) is 4.79 Å². The molecule has 0 spiro atoms. The maximum atomic E-state index is 12.7. The van der Waals surface area contributed by atoms with Gasteiger partial charge >= 0.3 is 5.97 Å². The van der Waals surface area contributed by atoms with Crippen LogP contribution in [0.15, 0.2) is 30.3 Å². The molecule has 7 heteroatoms. The van der Waals surface area contributed by atoms with E-state index < -0.39 is 11.6 Å². The van der Waals surface area contributed by atoms with E-state index in [0.29, 0.717) is 41.5 Å². The van der Waals surface area contributed by atoms with Crippen LogP contribution in [-0.2, 0) is 16.1 Å². The van der Waals surface area contributed by atoms with Gasteiger partial charge in [0.2, 0.25) is 5.75 Å². The molecule has 2 aromatic carbocycles. The highest BCUT2D eigenvalue weighted by molar-refractivity contribution is 5.99. The van der Waals surface area contributed by atoms with Crippen LogP contribution in [0.3, 0.4) is 0 Å². The first-order valence-corrected chi connectivity index (χ1v) is 10.2. The molecule has 3 rings (SSSR count). The van der Waals surface area contributed by atoms with E-state index in [-0.39, 0.29) is 11.8 Å². The molecule has 7 nitrogen and oxygen atoms in total. The van der Waals surface area contributed by atoms with E-state index >= 15 is 0 Å². The predicted octanol–water partition coefficient (Wildman–Crippen LogP) is 3.97. The second-order valence-electron chi connectivity index (χ2n) is 8.34. The molecule has 1 heterocycles.